The Morgan fingerprint density at radius 1 is 1.24 bits per heavy atom. The number of quaternary nitrogens is 1. The van der Waals surface area contributed by atoms with E-state index in [1.165, 1.54) is 32.4 Å². The molecule has 0 saturated carbocycles. The van der Waals surface area contributed by atoms with Gasteiger partial charge in [-0.2, -0.15) is 0 Å². The summed E-state index contributed by atoms with van der Waals surface area (Å²) >= 11 is 0. The molecule has 0 radical (unpaired) electrons. The van der Waals surface area contributed by atoms with Gasteiger partial charge in [0.2, 0.25) is 0 Å². The van der Waals surface area contributed by atoms with E-state index in [1.807, 2.05) is 12.1 Å². The van der Waals surface area contributed by atoms with E-state index in [4.69, 9.17) is 4.74 Å². The molecule has 0 amide bonds. The average Bonchev–Trinajstić information content (AvgIpc) is 2.40. The highest BCUT2D eigenvalue weighted by Crippen LogP contribution is 2.11. The molecule has 1 fully saturated rings. The lowest BCUT2D eigenvalue weighted by molar-refractivity contribution is -0.904. The molecule has 1 saturated heterocycles. The van der Waals surface area contributed by atoms with Crippen LogP contribution in [0, 0.1) is 0 Å². The van der Waals surface area contributed by atoms with Crippen LogP contribution in [-0.2, 0) is 0 Å². The summed E-state index contributed by atoms with van der Waals surface area (Å²) in [5.74, 6) is 0.797. The van der Waals surface area contributed by atoms with Gasteiger partial charge in [-0.05, 0) is 31.4 Å². The molecule has 17 heavy (non-hydrogen) atoms. The number of hydrogen-bond donors (Lipinski definition) is 1. The van der Waals surface area contributed by atoms with Gasteiger partial charge in [-0.3, -0.25) is 4.79 Å². The summed E-state index contributed by atoms with van der Waals surface area (Å²) in [6.07, 6.45) is 4.92. The van der Waals surface area contributed by atoms with Crippen LogP contribution in [0.15, 0.2) is 24.3 Å². The minimum Gasteiger partial charge on any atom is -0.488 e. The summed E-state index contributed by atoms with van der Waals surface area (Å²) in [7, 11) is 0. The van der Waals surface area contributed by atoms with Gasteiger partial charge in [0.15, 0.2) is 0 Å². The van der Waals surface area contributed by atoms with Crippen molar-refractivity contribution in [3.63, 3.8) is 0 Å². The first-order valence-corrected chi connectivity index (χ1v) is 6.40. The Morgan fingerprint density at radius 3 is 2.82 bits per heavy atom. The third kappa shape index (κ3) is 3.86. The number of piperidine rings is 1. The number of likely N-dealkylation sites (tertiary alicyclic amines) is 1. The van der Waals surface area contributed by atoms with Crippen LogP contribution in [-0.4, -0.2) is 32.5 Å². The van der Waals surface area contributed by atoms with Crippen LogP contribution in [0.5, 0.6) is 5.75 Å². The molecule has 0 unspecified atom stereocenters. The highest BCUT2D eigenvalue weighted by Gasteiger charge is 2.12. The smallest absolute Gasteiger partial charge is 0.150 e. The van der Waals surface area contributed by atoms with Crippen molar-refractivity contribution < 1.29 is 14.4 Å². The maximum absolute atomic E-state index is 10.6. The lowest BCUT2D eigenvalue weighted by Gasteiger charge is -2.23. The Labute approximate surface area is 102 Å². The molecule has 92 valence electrons. The molecular weight excluding hydrogens is 214 g/mol. The van der Waals surface area contributed by atoms with Gasteiger partial charge in [-0.1, -0.05) is 12.1 Å². The van der Waals surface area contributed by atoms with Crippen LogP contribution in [0.3, 0.4) is 0 Å². The predicted octanol–water partition coefficient (Wildman–Crippen LogP) is 0.947. The van der Waals surface area contributed by atoms with Gasteiger partial charge >= 0.3 is 0 Å². The molecule has 1 N–H and O–H groups in total. The molecule has 0 bridgehead atoms. The third-order valence-electron chi connectivity index (χ3n) is 3.28. The lowest BCUT2D eigenvalue weighted by Crippen LogP contribution is -3.13. The Hall–Kier alpha value is -1.35. The zero-order valence-electron chi connectivity index (χ0n) is 10.2. The van der Waals surface area contributed by atoms with Crippen molar-refractivity contribution in [1.29, 1.82) is 0 Å². The molecule has 1 aliphatic heterocycles. The molecule has 1 aromatic carbocycles. The molecule has 0 spiro atoms. The SMILES string of the molecule is O=Cc1cccc(OCC[NH+]2CCCCC2)c1. The van der Waals surface area contributed by atoms with E-state index in [2.05, 4.69) is 0 Å². The topological polar surface area (TPSA) is 30.7 Å². The number of hydrogen-bond acceptors (Lipinski definition) is 2. The van der Waals surface area contributed by atoms with Crippen molar-refractivity contribution in [3.05, 3.63) is 29.8 Å². The van der Waals surface area contributed by atoms with Crippen molar-refractivity contribution in [2.45, 2.75) is 19.3 Å². The fourth-order valence-corrected chi connectivity index (χ4v) is 2.29. The molecular formula is C14H20NO2+. The predicted molar refractivity (Wildman–Crippen MR) is 66.7 cm³/mol. The average molecular weight is 234 g/mol. The van der Waals surface area contributed by atoms with Gasteiger partial charge in [-0.25, -0.2) is 0 Å². The number of rotatable bonds is 5. The first-order valence-electron chi connectivity index (χ1n) is 6.40. The Morgan fingerprint density at radius 2 is 2.06 bits per heavy atom. The first kappa shape index (κ1) is 12.1. The van der Waals surface area contributed by atoms with Crippen LogP contribution in [0.25, 0.3) is 0 Å². The van der Waals surface area contributed by atoms with E-state index in [0.717, 1.165) is 25.2 Å². The molecule has 2 rings (SSSR count). The van der Waals surface area contributed by atoms with E-state index >= 15 is 0 Å². The summed E-state index contributed by atoms with van der Waals surface area (Å²) in [4.78, 5) is 12.3. The maximum Gasteiger partial charge on any atom is 0.150 e. The van der Waals surface area contributed by atoms with Crippen molar-refractivity contribution in [1.82, 2.24) is 0 Å². The molecule has 3 nitrogen and oxygen atoms in total. The molecule has 1 aliphatic rings. The van der Waals surface area contributed by atoms with Crippen LogP contribution < -0.4 is 9.64 Å². The number of carbonyl (C=O) groups excluding carboxylic acids is 1. The Kier molecular flexibility index (Phi) is 4.56. The molecule has 3 heteroatoms. The van der Waals surface area contributed by atoms with Crippen LogP contribution in [0.1, 0.15) is 29.6 Å². The lowest BCUT2D eigenvalue weighted by atomic mass is 10.1. The largest absolute Gasteiger partial charge is 0.488 e. The Bertz CT molecular complexity index is 359. The summed E-state index contributed by atoms with van der Waals surface area (Å²) in [6.45, 7) is 4.35. The second kappa shape index (κ2) is 6.40. The number of aldehydes is 1. The molecule has 0 aliphatic carbocycles. The zero-order valence-corrected chi connectivity index (χ0v) is 10.2. The third-order valence-corrected chi connectivity index (χ3v) is 3.28. The van der Waals surface area contributed by atoms with Crippen LogP contribution in [0.4, 0.5) is 0 Å². The zero-order chi connectivity index (χ0) is 11.9. The number of benzene rings is 1. The van der Waals surface area contributed by atoms with E-state index < -0.39 is 0 Å². The number of nitrogens with one attached hydrogen (secondary N) is 1. The summed E-state index contributed by atoms with van der Waals surface area (Å²) in [5, 5.41) is 0. The van der Waals surface area contributed by atoms with Crippen molar-refractivity contribution >= 4 is 6.29 Å². The van der Waals surface area contributed by atoms with Gasteiger partial charge in [-0.15, -0.1) is 0 Å². The highest BCUT2D eigenvalue weighted by atomic mass is 16.5. The van der Waals surface area contributed by atoms with Gasteiger partial charge in [0.1, 0.15) is 25.2 Å². The van der Waals surface area contributed by atoms with E-state index in [-0.39, 0.29) is 0 Å². The monoisotopic (exact) mass is 234 g/mol. The fraction of sp³-hybridized carbons (Fsp3) is 0.500. The van der Waals surface area contributed by atoms with Gasteiger partial charge < -0.3 is 9.64 Å². The maximum atomic E-state index is 10.6. The fourth-order valence-electron chi connectivity index (χ4n) is 2.29. The quantitative estimate of drug-likeness (QED) is 0.769. The standard InChI is InChI=1S/C14H19NO2/c16-12-13-5-4-6-14(11-13)17-10-9-15-7-2-1-3-8-15/h4-6,11-12H,1-3,7-10H2/p+1. The Balaban J connectivity index is 1.75. The second-order valence-electron chi connectivity index (χ2n) is 4.60. The minimum absolute atomic E-state index is 0.674. The second-order valence-corrected chi connectivity index (χ2v) is 4.60. The van der Waals surface area contributed by atoms with Crippen molar-refractivity contribution in [3.8, 4) is 5.75 Å². The number of ether oxygens (including phenoxy) is 1. The van der Waals surface area contributed by atoms with Gasteiger partial charge in [0, 0.05) is 5.56 Å². The van der Waals surface area contributed by atoms with Crippen LogP contribution in [0.2, 0.25) is 0 Å². The van der Waals surface area contributed by atoms with Crippen molar-refractivity contribution in [2.75, 3.05) is 26.2 Å². The molecule has 0 aromatic heterocycles. The minimum atomic E-state index is 0.674. The van der Waals surface area contributed by atoms with Gasteiger partial charge in [0.05, 0.1) is 13.1 Å². The van der Waals surface area contributed by atoms with E-state index in [9.17, 15) is 4.79 Å². The summed E-state index contributed by atoms with van der Waals surface area (Å²) in [5.41, 5.74) is 0.674. The molecule has 0 atom stereocenters. The van der Waals surface area contributed by atoms with E-state index in [1.54, 1.807) is 17.0 Å². The molecule has 1 heterocycles. The van der Waals surface area contributed by atoms with Crippen LogP contribution >= 0.6 is 0 Å². The van der Waals surface area contributed by atoms with Gasteiger partial charge in [0.25, 0.3) is 0 Å². The van der Waals surface area contributed by atoms with Crippen molar-refractivity contribution in [2.24, 2.45) is 0 Å². The number of carbonyl (C=O) groups is 1. The molecule has 1 aromatic rings. The summed E-state index contributed by atoms with van der Waals surface area (Å²) < 4.78 is 5.67. The summed E-state index contributed by atoms with van der Waals surface area (Å²) in [6, 6.07) is 7.33. The highest BCUT2D eigenvalue weighted by molar-refractivity contribution is 5.75. The van der Waals surface area contributed by atoms with E-state index in [0.29, 0.717) is 5.56 Å². The normalized spacial score (nSPS) is 16.7. The first-order chi connectivity index (χ1) is 8.38.